The number of ketones is 1. The average molecular weight is 468 g/mol. The van der Waals surface area contributed by atoms with Gasteiger partial charge in [-0.3, -0.25) is 4.79 Å². The van der Waals surface area contributed by atoms with E-state index < -0.39 is 15.6 Å². The molecule has 1 aliphatic heterocycles. The molecular formula is C24H29N5O3S. The molecule has 1 fully saturated rings. The lowest BCUT2D eigenvalue weighted by molar-refractivity contribution is 0.103. The predicted octanol–water partition coefficient (Wildman–Crippen LogP) is 2.55. The third kappa shape index (κ3) is 3.25. The van der Waals surface area contributed by atoms with Crippen LogP contribution in [-0.2, 0) is 15.6 Å². The number of hydrogen-bond donors (Lipinski definition) is 2. The topological polar surface area (TPSA) is 103 Å². The Kier molecular flexibility index (Phi) is 4.86. The van der Waals surface area contributed by atoms with Crippen molar-refractivity contribution in [2.24, 2.45) is 0 Å². The maximum atomic E-state index is 13.5. The van der Waals surface area contributed by atoms with Gasteiger partial charge < -0.3 is 15.6 Å². The molecule has 9 heteroatoms. The summed E-state index contributed by atoms with van der Waals surface area (Å²) in [7, 11) is -0.308. The van der Waals surface area contributed by atoms with E-state index in [1.54, 1.807) is 14.1 Å². The summed E-state index contributed by atoms with van der Waals surface area (Å²) in [6, 6.07) is 11.6. The van der Waals surface area contributed by atoms with Crippen molar-refractivity contribution < 1.29 is 13.2 Å². The minimum atomic E-state index is -3.41. The fourth-order valence-corrected chi connectivity index (χ4v) is 6.13. The fourth-order valence-electron chi connectivity index (χ4n) is 5.04. The molecule has 2 heterocycles. The van der Waals surface area contributed by atoms with E-state index in [2.05, 4.69) is 29.8 Å². The van der Waals surface area contributed by atoms with Crippen molar-refractivity contribution in [2.75, 3.05) is 50.9 Å². The maximum Gasteiger partial charge on any atom is 0.281 e. The third-order valence-electron chi connectivity index (χ3n) is 6.99. The number of carbonyl (C=O) groups is 1. The highest BCUT2D eigenvalue weighted by Gasteiger charge is 2.40. The molecule has 0 saturated carbocycles. The van der Waals surface area contributed by atoms with Crippen molar-refractivity contribution in [1.29, 1.82) is 0 Å². The van der Waals surface area contributed by atoms with Crippen LogP contribution in [0.15, 0.2) is 36.4 Å². The van der Waals surface area contributed by atoms with Crippen LogP contribution in [0.3, 0.4) is 0 Å². The minimum absolute atomic E-state index is 0.0174. The van der Waals surface area contributed by atoms with Gasteiger partial charge in [0.25, 0.3) is 10.2 Å². The molecule has 3 aromatic rings. The third-order valence-corrected chi connectivity index (χ3v) is 8.93. The highest BCUT2D eigenvalue weighted by molar-refractivity contribution is 7.86. The number of anilines is 2. The SMILES string of the molecule is CN(C)S(=O)(=O)N1CCN(c2ccc3c(c2)C(C)(C)c2[nH]c4cc(N)ccc4c2C3=O)CC1. The standard InChI is InChI=1S/C24H29N5O3S/c1-24(2)19-14-16(28-9-11-29(12-10-28)33(31,32)27(3)4)6-8-17(19)22(30)21-18-7-5-15(25)13-20(18)26-23(21)24/h5-8,13-14,26H,9-12,25H2,1-4H3. The van der Waals surface area contributed by atoms with Gasteiger partial charge in [0.2, 0.25) is 0 Å². The molecule has 1 aliphatic carbocycles. The molecule has 33 heavy (non-hydrogen) atoms. The lowest BCUT2D eigenvalue weighted by atomic mass is 9.71. The first-order valence-electron chi connectivity index (χ1n) is 11.1. The zero-order valence-corrected chi connectivity index (χ0v) is 20.2. The van der Waals surface area contributed by atoms with Crippen LogP contribution in [0, 0.1) is 0 Å². The Morgan fingerprint density at radius 3 is 2.39 bits per heavy atom. The van der Waals surface area contributed by atoms with Crippen molar-refractivity contribution in [1.82, 2.24) is 13.6 Å². The molecule has 174 valence electrons. The predicted molar refractivity (Wildman–Crippen MR) is 131 cm³/mol. The summed E-state index contributed by atoms with van der Waals surface area (Å²) in [5.41, 5.74) is 11.4. The van der Waals surface area contributed by atoms with Crippen LogP contribution in [0.1, 0.15) is 41.0 Å². The Bertz CT molecular complexity index is 1380. The van der Waals surface area contributed by atoms with E-state index in [1.807, 2.05) is 30.3 Å². The average Bonchev–Trinajstić information content (AvgIpc) is 3.17. The number of benzene rings is 2. The number of nitrogens with zero attached hydrogens (tertiary/aromatic N) is 3. The van der Waals surface area contributed by atoms with E-state index in [0.29, 0.717) is 37.4 Å². The molecule has 0 amide bonds. The first-order chi connectivity index (χ1) is 15.5. The number of aromatic nitrogens is 1. The molecule has 8 nitrogen and oxygen atoms in total. The van der Waals surface area contributed by atoms with Crippen molar-refractivity contribution in [3.63, 3.8) is 0 Å². The van der Waals surface area contributed by atoms with Gasteiger partial charge in [-0.2, -0.15) is 17.0 Å². The Labute approximate surface area is 194 Å². The zero-order chi connectivity index (χ0) is 23.7. The molecule has 5 rings (SSSR count). The number of nitrogens with two attached hydrogens (primary N) is 1. The van der Waals surface area contributed by atoms with E-state index in [-0.39, 0.29) is 5.78 Å². The number of hydrogen-bond acceptors (Lipinski definition) is 5. The van der Waals surface area contributed by atoms with Gasteiger partial charge >= 0.3 is 0 Å². The van der Waals surface area contributed by atoms with Gasteiger partial charge in [-0.25, -0.2) is 0 Å². The number of fused-ring (bicyclic) bond motifs is 4. The summed E-state index contributed by atoms with van der Waals surface area (Å²) in [6.45, 7) is 6.29. The first-order valence-corrected chi connectivity index (χ1v) is 12.4. The second kappa shape index (κ2) is 7.31. The number of piperazine rings is 1. The van der Waals surface area contributed by atoms with E-state index in [9.17, 15) is 13.2 Å². The lowest BCUT2D eigenvalue weighted by Gasteiger charge is -2.38. The molecule has 0 unspecified atom stereocenters. The van der Waals surface area contributed by atoms with Gasteiger partial charge in [0.1, 0.15) is 0 Å². The molecule has 0 bridgehead atoms. The Balaban J connectivity index is 1.50. The Hall–Kier alpha value is -2.88. The van der Waals surface area contributed by atoms with E-state index in [1.165, 1.54) is 8.61 Å². The number of rotatable bonds is 3. The van der Waals surface area contributed by atoms with E-state index in [0.717, 1.165) is 33.4 Å². The van der Waals surface area contributed by atoms with Gasteiger partial charge in [0, 0.05) is 79.2 Å². The molecule has 2 aromatic carbocycles. The second-order valence-corrected chi connectivity index (χ2v) is 11.7. The molecule has 0 radical (unpaired) electrons. The van der Waals surface area contributed by atoms with Gasteiger partial charge in [0.05, 0.1) is 5.56 Å². The fraction of sp³-hybridized carbons (Fsp3) is 0.375. The zero-order valence-electron chi connectivity index (χ0n) is 19.3. The molecule has 3 N–H and O–H groups in total. The van der Waals surface area contributed by atoms with Crippen LogP contribution in [0.25, 0.3) is 10.9 Å². The number of nitrogen functional groups attached to an aromatic ring is 1. The molecule has 0 atom stereocenters. The van der Waals surface area contributed by atoms with Crippen molar-refractivity contribution >= 4 is 38.3 Å². The van der Waals surface area contributed by atoms with Gasteiger partial charge in [-0.1, -0.05) is 19.9 Å². The molecular weight excluding hydrogens is 438 g/mol. The van der Waals surface area contributed by atoms with Gasteiger partial charge in [0.15, 0.2) is 5.78 Å². The van der Waals surface area contributed by atoms with Crippen LogP contribution in [0.4, 0.5) is 11.4 Å². The molecule has 1 aromatic heterocycles. The lowest BCUT2D eigenvalue weighted by Crippen LogP contribution is -2.51. The number of carbonyl (C=O) groups excluding carboxylic acids is 1. The summed E-state index contributed by atoms with van der Waals surface area (Å²) in [6.07, 6.45) is 0. The van der Waals surface area contributed by atoms with Gasteiger partial charge in [-0.05, 0) is 35.9 Å². The smallest absolute Gasteiger partial charge is 0.281 e. The summed E-state index contributed by atoms with van der Waals surface area (Å²) in [4.78, 5) is 19.2. The maximum absolute atomic E-state index is 13.5. The van der Waals surface area contributed by atoms with Crippen LogP contribution >= 0.6 is 0 Å². The summed E-state index contributed by atoms with van der Waals surface area (Å²) in [5, 5.41) is 0.894. The van der Waals surface area contributed by atoms with Crippen LogP contribution in [0.5, 0.6) is 0 Å². The quantitative estimate of drug-likeness (QED) is 0.577. The van der Waals surface area contributed by atoms with Crippen LogP contribution in [0.2, 0.25) is 0 Å². The second-order valence-electron chi connectivity index (χ2n) is 9.54. The van der Waals surface area contributed by atoms with Gasteiger partial charge in [-0.15, -0.1) is 0 Å². The monoisotopic (exact) mass is 467 g/mol. The Morgan fingerprint density at radius 1 is 1.03 bits per heavy atom. The normalized spacial score (nSPS) is 18.6. The van der Waals surface area contributed by atoms with Crippen LogP contribution in [-0.4, -0.2) is 68.1 Å². The van der Waals surface area contributed by atoms with E-state index >= 15 is 0 Å². The summed E-state index contributed by atoms with van der Waals surface area (Å²) >= 11 is 0. The van der Waals surface area contributed by atoms with E-state index in [4.69, 9.17) is 5.73 Å². The molecule has 1 saturated heterocycles. The minimum Gasteiger partial charge on any atom is -0.399 e. The summed E-state index contributed by atoms with van der Waals surface area (Å²) < 4.78 is 27.6. The molecule has 0 spiro atoms. The number of nitrogens with one attached hydrogen (secondary N) is 1. The van der Waals surface area contributed by atoms with Crippen molar-refractivity contribution in [2.45, 2.75) is 19.3 Å². The number of aromatic amines is 1. The first kappa shape index (κ1) is 21.9. The highest BCUT2D eigenvalue weighted by atomic mass is 32.2. The van der Waals surface area contributed by atoms with Crippen LogP contribution < -0.4 is 10.6 Å². The summed E-state index contributed by atoms with van der Waals surface area (Å²) in [5.74, 6) is 0.0174. The van der Waals surface area contributed by atoms with Crippen molar-refractivity contribution in [3.05, 3.63) is 58.8 Å². The Morgan fingerprint density at radius 2 is 1.73 bits per heavy atom. The highest BCUT2D eigenvalue weighted by Crippen LogP contribution is 2.45. The largest absolute Gasteiger partial charge is 0.399 e. The number of H-pyrrole nitrogens is 1. The van der Waals surface area contributed by atoms with Crippen molar-refractivity contribution in [3.8, 4) is 0 Å². The molecule has 2 aliphatic rings.